The Morgan fingerprint density at radius 1 is 1.62 bits per heavy atom. The van der Waals surface area contributed by atoms with Gasteiger partial charge in [0.25, 0.3) is 0 Å². The monoisotopic (exact) mass is 239 g/mol. The summed E-state index contributed by atoms with van der Waals surface area (Å²) >= 11 is 5.71. The number of carbonyl (C=O) groups excluding carboxylic acids is 1. The van der Waals surface area contributed by atoms with Crippen LogP contribution >= 0.6 is 11.6 Å². The number of nitrogens with zero attached hydrogens (tertiary/aromatic N) is 1. The largest absolute Gasteiger partial charge is 0.508 e. The van der Waals surface area contributed by atoms with Gasteiger partial charge >= 0.3 is 5.97 Å². The summed E-state index contributed by atoms with van der Waals surface area (Å²) < 4.78 is 4.52. The summed E-state index contributed by atoms with van der Waals surface area (Å²) in [5, 5.41) is 18.2. The predicted octanol–water partition coefficient (Wildman–Crippen LogP) is 1.72. The minimum absolute atomic E-state index is 0.0123. The van der Waals surface area contributed by atoms with Crippen LogP contribution in [0.15, 0.2) is 12.1 Å². The summed E-state index contributed by atoms with van der Waals surface area (Å²) in [6.07, 6.45) is -0.0123. The van der Waals surface area contributed by atoms with Crippen LogP contribution in [0.2, 0.25) is 0 Å². The van der Waals surface area contributed by atoms with Gasteiger partial charge in [-0.15, -0.1) is 11.6 Å². The number of alkyl halides is 1. The molecule has 0 unspecified atom stereocenters. The first-order valence-corrected chi connectivity index (χ1v) is 5.03. The first-order valence-electron chi connectivity index (χ1n) is 4.50. The van der Waals surface area contributed by atoms with Gasteiger partial charge in [0.2, 0.25) is 0 Å². The van der Waals surface area contributed by atoms with Gasteiger partial charge in [-0.05, 0) is 23.3 Å². The number of phenolic OH excluding ortho intramolecular Hbond substituents is 1. The van der Waals surface area contributed by atoms with Crippen molar-refractivity contribution in [2.24, 2.45) is 0 Å². The highest BCUT2D eigenvalue weighted by atomic mass is 35.5. The highest BCUT2D eigenvalue weighted by Crippen LogP contribution is 2.23. The molecule has 5 heteroatoms. The van der Waals surface area contributed by atoms with Crippen molar-refractivity contribution in [1.29, 1.82) is 5.26 Å². The van der Waals surface area contributed by atoms with Crippen molar-refractivity contribution in [1.82, 2.24) is 0 Å². The molecule has 1 aromatic carbocycles. The Morgan fingerprint density at radius 3 is 2.81 bits per heavy atom. The van der Waals surface area contributed by atoms with Crippen LogP contribution in [0.3, 0.4) is 0 Å². The molecule has 0 aliphatic heterocycles. The van der Waals surface area contributed by atoms with Crippen molar-refractivity contribution in [3.8, 4) is 11.8 Å². The highest BCUT2D eigenvalue weighted by molar-refractivity contribution is 6.17. The number of nitriles is 1. The van der Waals surface area contributed by atoms with E-state index in [0.717, 1.165) is 0 Å². The van der Waals surface area contributed by atoms with E-state index in [1.54, 1.807) is 0 Å². The van der Waals surface area contributed by atoms with Crippen LogP contribution < -0.4 is 0 Å². The average Bonchev–Trinajstić information content (AvgIpc) is 2.28. The molecule has 0 aliphatic carbocycles. The van der Waals surface area contributed by atoms with Crippen molar-refractivity contribution in [2.45, 2.75) is 12.3 Å². The molecule has 0 amide bonds. The van der Waals surface area contributed by atoms with Gasteiger partial charge in [-0.3, -0.25) is 4.79 Å². The van der Waals surface area contributed by atoms with Crippen LogP contribution in [0.5, 0.6) is 5.75 Å². The molecule has 1 rings (SSSR count). The fourth-order valence-corrected chi connectivity index (χ4v) is 1.67. The normalized spacial score (nSPS) is 9.56. The number of methoxy groups -OCH3 is 1. The molecule has 0 bridgehead atoms. The molecule has 0 saturated heterocycles. The predicted molar refractivity (Wildman–Crippen MR) is 58.1 cm³/mol. The third-order valence-electron chi connectivity index (χ3n) is 2.14. The number of halogens is 1. The Balaban J connectivity index is 3.21. The summed E-state index contributed by atoms with van der Waals surface area (Å²) in [5.74, 6) is -0.402. The third kappa shape index (κ3) is 2.65. The molecule has 0 spiro atoms. The number of esters is 1. The maximum atomic E-state index is 11.1. The molecule has 0 atom stereocenters. The summed E-state index contributed by atoms with van der Waals surface area (Å²) in [6, 6.07) is 4.65. The number of aromatic hydroxyl groups is 1. The molecule has 0 aromatic heterocycles. The highest BCUT2D eigenvalue weighted by Gasteiger charge is 2.13. The molecule has 0 fully saturated rings. The summed E-state index contributed by atoms with van der Waals surface area (Å²) in [5.41, 5.74) is 1.33. The number of rotatable bonds is 3. The molecule has 1 N–H and O–H groups in total. The number of hydrogen-bond acceptors (Lipinski definition) is 4. The first-order chi connectivity index (χ1) is 7.62. The SMILES string of the molecule is COC(=O)Cc1cc(O)cc(C#N)c1CCl. The number of phenols is 1. The van der Waals surface area contributed by atoms with Crippen molar-refractivity contribution < 1.29 is 14.6 Å². The Hall–Kier alpha value is -1.73. The zero-order valence-corrected chi connectivity index (χ0v) is 9.41. The Bertz CT molecular complexity index is 451. The van der Waals surface area contributed by atoms with E-state index in [2.05, 4.69) is 4.74 Å². The Labute approximate surface area is 98.0 Å². The maximum absolute atomic E-state index is 11.1. The lowest BCUT2D eigenvalue weighted by molar-refractivity contribution is -0.139. The van der Waals surface area contributed by atoms with Crippen LogP contribution in [-0.4, -0.2) is 18.2 Å². The van der Waals surface area contributed by atoms with Crippen molar-refractivity contribution in [3.05, 3.63) is 28.8 Å². The summed E-state index contributed by atoms with van der Waals surface area (Å²) in [4.78, 5) is 11.1. The second-order valence-electron chi connectivity index (χ2n) is 3.13. The van der Waals surface area contributed by atoms with E-state index < -0.39 is 5.97 Å². The quantitative estimate of drug-likeness (QED) is 0.644. The third-order valence-corrected chi connectivity index (χ3v) is 2.41. The van der Waals surface area contributed by atoms with E-state index in [9.17, 15) is 9.90 Å². The van der Waals surface area contributed by atoms with Crippen LogP contribution in [0.25, 0.3) is 0 Å². The molecular formula is C11H10ClNO3. The van der Waals surface area contributed by atoms with Gasteiger partial charge in [-0.2, -0.15) is 5.26 Å². The lowest BCUT2D eigenvalue weighted by Crippen LogP contribution is -2.07. The number of benzene rings is 1. The lowest BCUT2D eigenvalue weighted by Gasteiger charge is -2.08. The van der Waals surface area contributed by atoms with Gasteiger partial charge in [-0.1, -0.05) is 0 Å². The first kappa shape index (κ1) is 12.3. The van der Waals surface area contributed by atoms with Gasteiger partial charge in [-0.25, -0.2) is 0 Å². The molecule has 0 heterocycles. The smallest absolute Gasteiger partial charge is 0.309 e. The van der Waals surface area contributed by atoms with Crippen LogP contribution in [0.1, 0.15) is 16.7 Å². The van der Waals surface area contributed by atoms with E-state index in [4.69, 9.17) is 16.9 Å². The zero-order valence-electron chi connectivity index (χ0n) is 8.66. The van der Waals surface area contributed by atoms with E-state index in [0.29, 0.717) is 11.1 Å². The topological polar surface area (TPSA) is 70.3 Å². The van der Waals surface area contributed by atoms with E-state index >= 15 is 0 Å². The number of ether oxygens (including phenoxy) is 1. The number of hydrogen-bond donors (Lipinski definition) is 1. The minimum atomic E-state index is -0.444. The van der Waals surface area contributed by atoms with E-state index in [-0.39, 0.29) is 23.6 Å². The molecule has 84 valence electrons. The Kier molecular flexibility index (Phi) is 4.15. The molecule has 4 nitrogen and oxygen atoms in total. The molecular weight excluding hydrogens is 230 g/mol. The van der Waals surface area contributed by atoms with Crippen molar-refractivity contribution in [2.75, 3.05) is 7.11 Å². The van der Waals surface area contributed by atoms with Crippen LogP contribution in [0.4, 0.5) is 0 Å². The maximum Gasteiger partial charge on any atom is 0.309 e. The summed E-state index contributed by atoms with van der Waals surface area (Å²) in [7, 11) is 1.27. The molecule has 0 aliphatic rings. The van der Waals surface area contributed by atoms with Gasteiger partial charge < -0.3 is 9.84 Å². The molecule has 0 saturated carbocycles. The second kappa shape index (κ2) is 5.38. The fourth-order valence-electron chi connectivity index (χ4n) is 1.36. The summed E-state index contributed by atoms with van der Waals surface area (Å²) in [6.45, 7) is 0. The molecule has 0 radical (unpaired) electrons. The van der Waals surface area contributed by atoms with Crippen LogP contribution in [0, 0.1) is 11.3 Å². The molecule has 1 aromatic rings. The van der Waals surface area contributed by atoms with E-state index in [1.807, 2.05) is 6.07 Å². The average molecular weight is 240 g/mol. The van der Waals surface area contributed by atoms with Gasteiger partial charge in [0.1, 0.15) is 5.75 Å². The van der Waals surface area contributed by atoms with Crippen molar-refractivity contribution >= 4 is 17.6 Å². The Morgan fingerprint density at radius 2 is 2.31 bits per heavy atom. The van der Waals surface area contributed by atoms with Crippen molar-refractivity contribution in [3.63, 3.8) is 0 Å². The van der Waals surface area contributed by atoms with Gasteiger partial charge in [0.15, 0.2) is 0 Å². The van der Waals surface area contributed by atoms with Crippen LogP contribution in [-0.2, 0) is 21.8 Å². The molecule has 16 heavy (non-hydrogen) atoms. The lowest BCUT2D eigenvalue weighted by atomic mass is 10.00. The van der Waals surface area contributed by atoms with Gasteiger partial charge in [0.05, 0.1) is 25.2 Å². The zero-order chi connectivity index (χ0) is 12.1. The fraction of sp³-hybridized carbons (Fsp3) is 0.273. The van der Waals surface area contributed by atoms with Gasteiger partial charge in [0, 0.05) is 5.88 Å². The standard InChI is InChI=1S/C11H10ClNO3/c1-16-11(15)4-7-2-9(14)3-8(6-13)10(7)5-12/h2-3,14H,4-5H2,1H3. The van der Waals surface area contributed by atoms with E-state index in [1.165, 1.54) is 19.2 Å². The second-order valence-corrected chi connectivity index (χ2v) is 3.40. The number of carbonyl (C=O) groups is 1. The minimum Gasteiger partial charge on any atom is -0.508 e.